The summed E-state index contributed by atoms with van der Waals surface area (Å²) in [5.74, 6) is 4.57. The van der Waals surface area contributed by atoms with Crippen LogP contribution in [0.5, 0.6) is 0 Å². The smallest absolute Gasteiger partial charge is 0.190 e. The monoisotopic (exact) mass is 465 g/mol. The minimum Gasteiger partial charge on any atom is -0.381 e. The van der Waals surface area contributed by atoms with E-state index in [0.29, 0.717) is 5.92 Å². The summed E-state index contributed by atoms with van der Waals surface area (Å²) >= 11 is 0. The first-order valence-corrected chi connectivity index (χ1v) is 9.95. The molecule has 0 amide bonds. The molecule has 2 bridgehead atoms. The molecule has 6 heteroatoms. The molecule has 4 unspecified atom stereocenters. The maximum atomic E-state index is 5.73. The third-order valence-electron chi connectivity index (χ3n) is 6.05. The van der Waals surface area contributed by atoms with Gasteiger partial charge in [-0.25, -0.2) is 0 Å². The largest absolute Gasteiger partial charge is 0.381 e. The van der Waals surface area contributed by atoms with Crippen LogP contribution in [0.15, 0.2) is 4.99 Å². The Bertz CT molecular complexity index is 402. The zero-order valence-electron chi connectivity index (χ0n) is 15.7. The molecule has 146 valence electrons. The Kier molecular flexibility index (Phi) is 9.84. The Balaban J connectivity index is 0.00000225. The van der Waals surface area contributed by atoms with Gasteiger partial charge in [-0.1, -0.05) is 6.42 Å². The lowest BCUT2D eigenvalue weighted by molar-refractivity contribution is 0.0888. The molecular weight excluding hydrogens is 429 g/mol. The van der Waals surface area contributed by atoms with Crippen LogP contribution in [0.2, 0.25) is 0 Å². The number of ether oxygens (including phenoxy) is 2. The highest BCUT2D eigenvalue weighted by Crippen LogP contribution is 2.49. The molecule has 2 N–H and O–H groups in total. The van der Waals surface area contributed by atoms with E-state index in [1.54, 1.807) is 0 Å². The summed E-state index contributed by atoms with van der Waals surface area (Å²) in [6.45, 7) is 5.39. The molecule has 1 heterocycles. The van der Waals surface area contributed by atoms with Crippen molar-refractivity contribution in [1.29, 1.82) is 0 Å². The van der Waals surface area contributed by atoms with E-state index in [9.17, 15) is 0 Å². The van der Waals surface area contributed by atoms with Crippen LogP contribution in [0.25, 0.3) is 0 Å². The van der Waals surface area contributed by atoms with E-state index in [2.05, 4.69) is 15.6 Å². The van der Waals surface area contributed by atoms with E-state index in [4.69, 9.17) is 9.47 Å². The van der Waals surface area contributed by atoms with Crippen LogP contribution in [0.1, 0.15) is 44.9 Å². The molecule has 25 heavy (non-hydrogen) atoms. The van der Waals surface area contributed by atoms with Gasteiger partial charge >= 0.3 is 0 Å². The second-order valence-corrected chi connectivity index (χ2v) is 7.81. The molecule has 3 fully saturated rings. The highest BCUT2D eigenvalue weighted by atomic mass is 127. The molecule has 3 aliphatic rings. The fourth-order valence-electron chi connectivity index (χ4n) is 4.67. The average molecular weight is 465 g/mol. The molecule has 1 saturated heterocycles. The zero-order valence-corrected chi connectivity index (χ0v) is 18.0. The van der Waals surface area contributed by atoms with Crippen LogP contribution >= 0.6 is 24.0 Å². The van der Waals surface area contributed by atoms with Crippen LogP contribution in [0.3, 0.4) is 0 Å². The minimum atomic E-state index is 0. The van der Waals surface area contributed by atoms with Gasteiger partial charge in [0.1, 0.15) is 0 Å². The molecule has 0 aromatic carbocycles. The van der Waals surface area contributed by atoms with E-state index in [0.717, 1.165) is 76.1 Å². The summed E-state index contributed by atoms with van der Waals surface area (Å²) in [7, 11) is 1.85. The maximum Gasteiger partial charge on any atom is 0.190 e. The van der Waals surface area contributed by atoms with E-state index >= 15 is 0 Å². The SMILES string of the molecule is CN=C(NCCCOCC1CCOC1)NCCC1CC2CCC1C2.I. The Hall–Kier alpha value is -0.0800. The average Bonchev–Trinajstić information content (AvgIpc) is 3.34. The van der Waals surface area contributed by atoms with Gasteiger partial charge in [-0.3, -0.25) is 4.99 Å². The number of guanidine groups is 1. The quantitative estimate of drug-likeness (QED) is 0.238. The van der Waals surface area contributed by atoms with E-state index in [1.165, 1.54) is 32.1 Å². The number of nitrogens with one attached hydrogen (secondary N) is 2. The first kappa shape index (κ1) is 21.2. The highest BCUT2D eigenvalue weighted by Gasteiger charge is 2.38. The van der Waals surface area contributed by atoms with Crippen molar-refractivity contribution in [1.82, 2.24) is 10.6 Å². The molecule has 4 atom stereocenters. The molecule has 2 saturated carbocycles. The number of nitrogens with zero attached hydrogens (tertiary/aromatic N) is 1. The summed E-state index contributed by atoms with van der Waals surface area (Å²) < 4.78 is 11.1. The fourth-order valence-corrected chi connectivity index (χ4v) is 4.67. The first-order valence-electron chi connectivity index (χ1n) is 9.95. The van der Waals surface area contributed by atoms with Crippen LogP contribution in [-0.2, 0) is 9.47 Å². The lowest BCUT2D eigenvalue weighted by Gasteiger charge is -2.22. The van der Waals surface area contributed by atoms with Crippen LogP contribution in [0.4, 0.5) is 0 Å². The predicted molar refractivity (Wildman–Crippen MR) is 113 cm³/mol. The number of aliphatic imine (C=N–C) groups is 1. The van der Waals surface area contributed by atoms with Gasteiger partial charge in [0, 0.05) is 39.3 Å². The van der Waals surface area contributed by atoms with Crippen LogP contribution < -0.4 is 10.6 Å². The lowest BCUT2D eigenvalue weighted by Crippen LogP contribution is -2.39. The van der Waals surface area contributed by atoms with Gasteiger partial charge in [0.05, 0.1) is 13.2 Å². The zero-order chi connectivity index (χ0) is 16.6. The van der Waals surface area contributed by atoms with Crippen molar-refractivity contribution in [3.8, 4) is 0 Å². The van der Waals surface area contributed by atoms with Crippen LogP contribution in [0, 0.1) is 23.7 Å². The standard InChI is InChI=1S/C19H35N3O2.HI/c1-20-19(21-7-2-9-23-13-16-6-10-24-14-16)22-8-5-18-12-15-3-4-17(18)11-15;/h15-18H,2-14H2,1H3,(H2,20,21,22);1H. The number of fused-ring (bicyclic) bond motifs is 2. The van der Waals surface area contributed by atoms with Crippen molar-refractivity contribution in [2.24, 2.45) is 28.7 Å². The predicted octanol–water partition coefficient (Wildman–Crippen LogP) is 3.04. The minimum absolute atomic E-state index is 0. The van der Waals surface area contributed by atoms with Gasteiger partial charge in [-0.05, 0) is 56.3 Å². The second kappa shape index (κ2) is 11.6. The fraction of sp³-hybridized carbons (Fsp3) is 0.947. The molecular formula is C19H36IN3O2. The number of hydrogen-bond donors (Lipinski definition) is 2. The molecule has 1 aliphatic heterocycles. The molecule has 5 nitrogen and oxygen atoms in total. The van der Waals surface area contributed by atoms with Gasteiger partial charge < -0.3 is 20.1 Å². The van der Waals surface area contributed by atoms with Crippen molar-refractivity contribution in [2.75, 3.05) is 46.6 Å². The summed E-state index contributed by atoms with van der Waals surface area (Å²) in [6, 6.07) is 0. The topological polar surface area (TPSA) is 54.9 Å². The van der Waals surface area contributed by atoms with Gasteiger partial charge in [0.2, 0.25) is 0 Å². The van der Waals surface area contributed by atoms with Crippen molar-refractivity contribution in [2.45, 2.75) is 44.9 Å². The summed E-state index contributed by atoms with van der Waals surface area (Å²) in [4.78, 5) is 4.32. The Morgan fingerprint density at radius 1 is 1.16 bits per heavy atom. The molecule has 0 spiro atoms. The van der Waals surface area contributed by atoms with Crippen molar-refractivity contribution in [3.05, 3.63) is 0 Å². The second-order valence-electron chi connectivity index (χ2n) is 7.81. The van der Waals surface area contributed by atoms with E-state index in [-0.39, 0.29) is 24.0 Å². The Morgan fingerprint density at radius 3 is 2.72 bits per heavy atom. The Labute approximate surface area is 170 Å². The number of rotatable bonds is 9. The highest BCUT2D eigenvalue weighted by molar-refractivity contribution is 14.0. The number of hydrogen-bond acceptors (Lipinski definition) is 3. The van der Waals surface area contributed by atoms with Gasteiger partial charge in [0.15, 0.2) is 5.96 Å². The van der Waals surface area contributed by atoms with E-state index in [1.807, 2.05) is 7.05 Å². The van der Waals surface area contributed by atoms with Crippen molar-refractivity contribution >= 4 is 29.9 Å². The molecule has 2 aliphatic carbocycles. The number of halogens is 1. The van der Waals surface area contributed by atoms with Crippen molar-refractivity contribution in [3.63, 3.8) is 0 Å². The van der Waals surface area contributed by atoms with Crippen molar-refractivity contribution < 1.29 is 9.47 Å². The molecule has 0 radical (unpaired) electrons. The van der Waals surface area contributed by atoms with Gasteiger partial charge in [-0.15, -0.1) is 24.0 Å². The molecule has 3 rings (SSSR count). The third-order valence-corrected chi connectivity index (χ3v) is 6.05. The van der Waals surface area contributed by atoms with Gasteiger partial charge in [-0.2, -0.15) is 0 Å². The lowest BCUT2D eigenvalue weighted by atomic mass is 9.86. The Morgan fingerprint density at radius 2 is 2.04 bits per heavy atom. The first-order chi connectivity index (χ1) is 11.8. The van der Waals surface area contributed by atoms with Crippen LogP contribution in [-0.4, -0.2) is 52.5 Å². The molecule has 0 aromatic rings. The maximum absolute atomic E-state index is 5.73. The summed E-state index contributed by atoms with van der Waals surface area (Å²) in [5.41, 5.74) is 0. The normalized spacial score (nSPS) is 31.2. The summed E-state index contributed by atoms with van der Waals surface area (Å²) in [6.07, 6.45) is 9.42. The molecule has 0 aromatic heterocycles. The summed E-state index contributed by atoms with van der Waals surface area (Å²) in [5, 5.41) is 6.86. The van der Waals surface area contributed by atoms with Gasteiger partial charge in [0.25, 0.3) is 0 Å². The third kappa shape index (κ3) is 6.86. The van der Waals surface area contributed by atoms with E-state index < -0.39 is 0 Å².